The molecule has 0 saturated carbocycles. The molecule has 4 heterocycles. The van der Waals surface area contributed by atoms with Gasteiger partial charge in [-0.15, -0.1) is 0 Å². The van der Waals surface area contributed by atoms with Crippen LogP contribution in [0.2, 0.25) is 0 Å². The van der Waals surface area contributed by atoms with Crippen molar-refractivity contribution in [3.8, 4) is 33.8 Å². The number of rotatable bonds is 5. The topological polar surface area (TPSA) is 99.4 Å². The van der Waals surface area contributed by atoms with E-state index in [-0.39, 0.29) is 11.7 Å². The van der Waals surface area contributed by atoms with Gasteiger partial charge in [-0.2, -0.15) is 5.10 Å². The van der Waals surface area contributed by atoms with Gasteiger partial charge >= 0.3 is 0 Å². The first-order valence-electron chi connectivity index (χ1n) is 11.6. The summed E-state index contributed by atoms with van der Waals surface area (Å²) in [5.74, 6) is -0.338. The average Bonchev–Trinajstić information content (AvgIpc) is 3.53. The van der Waals surface area contributed by atoms with Crippen molar-refractivity contribution in [3.05, 3.63) is 85.1 Å². The molecule has 0 fully saturated rings. The van der Waals surface area contributed by atoms with Gasteiger partial charge in [0.25, 0.3) is 0 Å². The molecule has 0 aliphatic rings. The molecule has 0 spiro atoms. The maximum absolute atomic E-state index is 13.5. The fourth-order valence-corrected chi connectivity index (χ4v) is 4.34. The third kappa shape index (κ3) is 3.88. The second-order valence-electron chi connectivity index (χ2n) is 8.51. The number of carbonyl (C=O) groups excluding carboxylic acids is 1. The molecule has 1 amide bonds. The van der Waals surface area contributed by atoms with Crippen LogP contribution in [0.5, 0.6) is 0 Å². The maximum Gasteiger partial charge on any atom is 0.224 e. The van der Waals surface area contributed by atoms with Crippen molar-refractivity contribution < 1.29 is 9.18 Å². The minimum absolute atomic E-state index is 0.0756. The number of anilines is 1. The molecule has 0 bridgehead atoms. The Morgan fingerprint density at radius 1 is 0.944 bits per heavy atom. The predicted molar refractivity (Wildman–Crippen MR) is 139 cm³/mol. The highest BCUT2D eigenvalue weighted by Gasteiger charge is 2.15. The molecule has 6 rings (SSSR count). The zero-order valence-electron chi connectivity index (χ0n) is 19.3. The normalized spacial score (nSPS) is 11.3. The van der Waals surface area contributed by atoms with Gasteiger partial charge < -0.3 is 10.3 Å². The first-order chi connectivity index (χ1) is 17.6. The molecule has 176 valence electrons. The Kier molecular flexibility index (Phi) is 5.26. The van der Waals surface area contributed by atoms with Crippen LogP contribution in [0.3, 0.4) is 0 Å². The summed E-state index contributed by atoms with van der Waals surface area (Å²) in [6, 6.07) is 18.4. The highest BCUT2D eigenvalue weighted by molar-refractivity contribution is 6.01. The number of hydrogen-bond donors (Lipinski definition) is 3. The van der Waals surface area contributed by atoms with Gasteiger partial charge in [-0.25, -0.2) is 4.39 Å². The summed E-state index contributed by atoms with van der Waals surface area (Å²) in [5, 5.41) is 12.4. The zero-order valence-corrected chi connectivity index (χ0v) is 19.3. The minimum Gasteiger partial charge on any atom is -0.353 e. The molecule has 7 nitrogen and oxygen atoms in total. The SMILES string of the molecule is CCC(=O)Nc1cncc(-c2cc3c(-c4cc5c(-c6ccc(F)cc6)cccc5[nH]4)n[nH]c3cn2)c1. The van der Waals surface area contributed by atoms with E-state index in [2.05, 4.69) is 36.5 Å². The number of benzene rings is 2. The van der Waals surface area contributed by atoms with Gasteiger partial charge in [-0.05, 0) is 47.5 Å². The number of aromatic nitrogens is 5. The molecule has 0 unspecified atom stereocenters. The van der Waals surface area contributed by atoms with Gasteiger partial charge in [0.15, 0.2) is 0 Å². The fraction of sp³-hybridized carbons (Fsp3) is 0.0714. The molecule has 8 heteroatoms. The standard InChI is InChI=1S/C28H21FN6O/c1-2-27(36)32-19-10-17(13-30-14-19)24-12-22-26(15-31-24)34-35-28(22)25-11-21-20(4-3-5-23(21)33-25)16-6-8-18(29)9-7-16/h3-15,33H,2H2,1H3,(H,32,36)(H,34,35). The lowest BCUT2D eigenvalue weighted by Gasteiger charge is -2.06. The number of pyridine rings is 2. The summed E-state index contributed by atoms with van der Waals surface area (Å²) < 4.78 is 13.5. The van der Waals surface area contributed by atoms with Crippen LogP contribution in [-0.4, -0.2) is 31.1 Å². The van der Waals surface area contributed by atoms with E-state index in [1.54, 1.807) is 37.6 Å². The molecule has 6 aromatic rings. The second kappa shape index (κ2) is 8.74. The molecule has 2 aromatic carbocycles. The molecule has 36 heavy (non-hydrogen) atoms. The summed E-state index contributed by atoms with van der Waals surface area (Å²) >= 11 is 0. The monoisotopic (exact) mass is 476 g/mol. The average molecular weight is 477 g/mol. The number of aromatic amines is 2. The lowest BCUT2D eigenvalue weighted by Crippen LogP contribution is -2.09. The van der Waals surface area contributed by atoms with Crippen LogP contribution < -0.4 is 5.32 Å². The second-order valence-corrected chi connectivity index (χ2v) is 8.51. The van der Waals surface area contributed by atoms with E-state index in [1.165, 1.54) is 12.1 Å². The zero-order chi connectivity index (χ0) is 24.6. The van der Waals surface area contributed by atoms with E-state index in [1.807, 2.05) is 30.3 Å². The summed E-state index contributed by atoms with van der Waals surface area (Å²) in [4.78, 5) is 24.1. The molecule has 0 atom stereocenters. The van der Waals surface area contributed by atoms with Crippen LogP contribution in [0.4, 0.5) is 10.1 Å². The highest BCUT2D eigenvalue weighted by Crippen LogP contribution is 2.35. The lowest BCUT2D eigenvalue weighted by atomic mass is 10.0. The number of H-pyrrole nitrogens is 2. The maximum atomic E-state index is 13.5. The highest BCUT2D eigenvalue weighted by atomic mass is 19.1. The van der Waals surface area contributed by atoms with Crippen molar-refractivity contribution in [2.24, 2.45) is 0 Å². The number of halogens is 1. The van der Waals surface area contributed by atoms with Crippen LogP contribution >= 0.6 is 0 Å². The number of amides is 1. The van der Waals surface area contributed by atoms with Crippen molar-refractivity contribution in [1.82, 2.24) is 25.1 Å². The van der Waals surface area contributed by atoms with Gasteiger partial charge in [-0.3, -0.25) is 19.9 Å². The van der Waals surface area contributed by atoms with Crippen LogP contribution in [0, 0.1) is 5.82 Å². The number of carbonyl (C=O) groups is 1. The molecular weight excluding hydrogens is 455 g/mol. The van der Waals surface area contributed by atoms with Crippen LogP contribution in [-0.2, 0) is 4.79 Å². The van der Waals surface area contributed by atoms with E-state index < -0.39 is 0 Å². The lowest BCUT2D eigenvalue weighted by molar-refractivity contribution is -0.115. The third-order valence-electron chi connectivity index (χ3n) is 6.16. The van der Waals surface area contributed by atoms with Crippen molar-refractivity contribution in [2.45, 2.75) is 13.3 Å². The van der Waals surface area contributed by atoms with Gasteiger partial charge in [0.1, 0.15) is 11.5 Å². The summed E-state index contributed by atoms with van der Waals surface area (Å²) in [5.41, 5.74) is 7.44. The van der Waals surface area contributed by atoms with Gasteiger partial charge in [-0.1, -0.05) is 31.2 Å². The summed E-state index contributed by atoms with van der Waals surface area (Å²) in [7, 11) is 0. The predicted octanol–water partition coefficient (Wildman–Crippen LogP) is 6.32. The van der Waals surface area contributed by atoms with Gasteiger partial charge in [0.2, 0.25) is 5.91 Å². The number of nitrogens with zero attached hydrogens (tertiary/aromatic N) is 3. The summed E-state index contributed by atoms with van der Waals surface area (Å²) in [6.07, 6.45) is 5.46. The van der Waals surface area contributed by atoms with Crippen molar-refractivity contribution in [3.63, 3.8) is 0 Å². The van der Waals surface area contributed by atoms with E-state index >= 15 is 0 Å². The smallest absolute Gasteiger partial charge is 0.224 e. The van der Waals surface area contributed by atoms with Crippen LogP contribution in [0.25, 0.3) is 55.6 Å². The quantitative estimate of drug-likeness (QED) is 0.271. The van der Waals surface area contributed by atoms with Crippen molar-refractivity contribution in [1.29, 1.82) is 0 Å². The minimum atomic E-state index is -0.262. The van der Waals surface area contributed by atoms with E-state index in [0.29, 0.717) is 17.8 Å². The molecule has 4 aromatic heterocycles. The third-order valence-corrected chi connectivity index (χ3v) is 6.16. The van der Waals surface area contributed by atoms with E-state index in [4.69, 9.17) is 0 Å². The number of nitrogens with one attached hydrogen (secondary N) is 3. The van der Waals surface area contributed by atoms with Crippen molar-refractivity contribution in [2.75, 3.05) is 5.32 Å². The Labute approximate surface area is 205 Å². The summed E-state index contributed by atoms with van der Waals surface area (Å²) in [6.45, 7) is 1.80. The van der Waals surface area contributed by atoms with Gasteiger partial charge in [0.05, 0.1) is 35.0 Å². The molecule has 0 aliphatic heterocycles. The fourth-order valence-electron chi connectivity index (χ4n) is 4.34. The number of hydrogen-bond acceptors (Lipinski definition) is 4. The first kappa shape index (κ1) is 21.7. The Morgan fingerprint density at radius 3 is 2.64 bits per heavy atom. The van der Waals surface area contributed by atoms with Crippen molar-refractivity contribution >= 4 is 33.4 Å². The Balaban J connectivity index is 1.42. The Bertz CT molecular complexity index is 1740. The molecule has 0 aliphatic carbocycles. The van der Waals surface area contributed by atoms with Crippen LogP contribution in [0.1, 0.15) is 13.3 Å². The van der Waals surface area contributed by atoms with Crippen LogP contribution in [0.15, 0.2) is 79.3 Å². The van der Waals surface area contributed by atoms with E-state index in [0.717, 1.165) is 49.9 Å². The first-order valence-corrected chi connectivity index (χ1v) is 11.6. The Morgan fingerprint density at radius 2 is 1.81 bits per heavy atom. The number of fused-ring (bicyclic) bond motifs is 2. The van der Waals surface area contributed by atoms with Gasteiger partial charge in [0, 0.05) is 34.5 Å². The molecule has 0 radical (unpaired) electrons. The molecular formula is C28H21FN6O. The largest absolute Gasteiger partial charge is 0.353 e. The molecule has 0 saturated heterocycles. The van der Waals surface area contributed by atoms with E-state index in [9.17, 15) is 9.18 Å². The molecule has 3 N–H and O–H groups in total. The Hall–Kier alpha value is -4.85.